The van der Waals surface area contributed by atoms with Gasteiger partial charge in [0.05, 0.1) is 16.6 Å². The molecule has 1 amide bonds. The van der Waals surface area contributed by atoms with E-state index in [9.17, 15) is 4.79 Å². The number of amides is 1. The highest BCUT2D eigenvalue weighted by molar-refractivity contribution is 7.98. The lowest BCUT2D eigenvalue weighted by Crippen LogP contribution is -2.49. The Labute approximate surface area is 180 Å². The summed E-state index contributed by atoms with van der Waals surface area (Å²) < 4.78 is 1.23. The molecule has 1 aliphatic heterocycles. The van der Waals surface area contributed by atoms with Crippen LogP contribution in [0, 0.1) is 0 Å². The second-order valence-corrected chi connectivity index (χ2v) is 9.60. The van der Waals surface area contributed by atoms with Crippen LogP contribution in [-0.4, -0.2) is 48.2 Å². The number of thiazole rings is 1. The molecule has 0 spiro atoms. The fraction of sp³-hybridized carbons (Fsp3) is 0.391. The predicted octanol–water partition coefficient (Wildman–Crippen LogP) is 5.03. The summed E-state index contributed by atoms with van der Waals surface area (Å²) in [6.07, 6.45) is 2.57. The van der Waals surface area contributed by atoms with Crippen molar-refractivity contribution in [3.8, 4) is 0 Å². The van der Waals surface area contributed by atoms with Gasteiger partial charge in [-0.1, -0.05) is 55.5 Å². The molecule has 4 nitrogen and oxygen atoms in total. The molecule has 29 heavy (non-hydrogen) atoms. The highest BCUT2D eigenvalue weighted by atomic mass is 32.2. The maximum absolute atomic E-state index is 12.7. The Kier molecular flexibility index (Phi) is 6.11. The highest BCUT2D eigenvalue weighted by Crippen LogP contribution is 2.34. The van der Waals surface area contributed by atoms with E-state index >= 15 is 0 Å². The van der Waals surface area contributed by atoms with Crippen LogP contribution in [0.1, 0.15) is 30.9 Å². The molecule has 1 fully saturated rings. The lowest BCUT2D eigenvalue weighted by atomic mass is 10.0. The van der Waals surface area contributed by atoms with Gasteiger partial charge >= 0.3 is 0 Å². The van der Waals surface area contributed by atoms with Crippen LogP contribution in [0.5, 0.6) is 0 Å². The van der Waals surface area contributed by atoms with E-state index in [2.05, 4.69) is 67.5 Å². The van der Waals surface area contributed by atoms with Crippen LogP contribution in [0.2, 0.25) is 0 Å². The zero-order chi connectivity index (χ0) is 20.4. The number of anilines is 1. The number of fused-ring (bicyclic) bond motifs is 1. The lowest BCUT2D eigenvalue weighted by molar-refractivity contribution is -0.130. The first-order valence-electron chi connectivity index (χ1n) is 10.1. The Morgan fingerprint density at radius 2 is 1.83 bits per heavy atom. The monoisotopic (exact) mass is 425 g/mol. The first kappa shape index (κ1) is 20.2. The Hall–Kier alpha value is -2.05. The lowest BCUT2D eigenvalue weighted by Gasteiger charge is -2.34. The summed E-state index contributed by atoms with van der Waals surface area (Å²) in [5, 5.41) is 1.07. The molecule has 1 aliphatic rings. The topological polar surface area (TPSA) is 36.4 Å². The van der Waals surface area contributed by atoms with Gasteiger partial charge in [-0.3, -0.25) is 4.79 Å². The van der Waals surface area contributed by atoms with Crippen molar-refractivity contribution >= 4 is 44.4 Å². The smallest absolute Gasteiger partial charge is 0.227 e. The minimum absolute atomic E-state index is 0.218. The Morgan fingerprint density at radius 1 is 1.10 bits per heavy atom. The SMILES string of the molecule is CSc1cccc2sc(N3CCN(C(=O)Cc4ccc(C(C)C)cc4)CC3)nc12. The highest BCUT2D eigenvalue weighted by Gasteiger charge is 2.23. The molecule has 3 aromatic rings. The second-order valence-electron chi connectivity index (χ2n) is 7.74. The number of carbonyl (C=O) groups is 1. The van der Waals surface area contributed by atoms with E-state index in [4.69, 9.17) is 4.98 Å². The van der Waals surface area contributed by atoms with Gasteiger partial charge in [0.25, 0.3) is 0 Å². The van der Waals surface area contributed by atoms with Crippen LogP contribution >= 0.6 is 23.1 Å². The van der Waals surface area contributed by atoms with Crippen molar-refractivity contribution in [3.63, 3.8) is 0 Å². The average molecular weight is 426 g/mol. The van der Waals surface area contributed by atoms with Crippen molar-refractivity contribution in [1.82, 2.24) is 9.88 Å². The number of carbonyl (C=O) groups excluding carboxylic acids is 1. The third-order valence-corrected chi connectivity index (χ3v) is 7.35. The van der Waals surface area contributed by atoms with E-state index < -0.39 is 0 Å². The van der Waals surface area contributed by atoms with Gasteiger partial charge in [-0.2, -0.15) is 0 Å². The molecule has 0 aliphatic carbocycles. The maximum Gasteiger partial charge on any atom is 0.227 e. The Morgan fingerprint density at radius 3 is 2.48 bits per heavy atom. The Balaban J connectivity index is 1.37. The third kappa shape index (κ3) is 4.43. The molecule has 0 atom stereocenters. The van der Waals surface area contributed by atoms with Gasteiger partial charge in [0.2, 0.25) is 5.91 Å². The number of nitrogens with zero attached hydrogens (tertiary/aromatic N) is 3. The summed E-state index contributed by atoms with van der Waals surface area (Å²) in [7, 11) is 0. The Bertz CT molecular complexity index is 989. The first-order valence-corrected chi connectivity index (χ1v) is 12.1. The molecule has 1 saturated heterocycles. The van der Waals surface area contributed by atoms with Crippen LogP contribution in [0.25, 0.3) is 10.2 Å². The van der Waals surface area contributed by atoms with Gasteiger partial charge in [-0.15, -0.1) is 11.8 Å². The zero-order valence-corrected chi connectivity index (χ0v) is 18.9. The number of aromatic nitrogens is 1. The molecule has 2 aromatic carbocycles. The summed E-state index contributed by atoms with van der Waals surface area (Å²) in [6, 6.07) is 14.8. The summed E-state index contributed by atoms with van der Waals surface area (Å²) in [4.78, 5) is 23.2. The predicted molar refractivity (Wildman–Crippen MR) is 124 cm³/mol. The fourth-order valence-corrected chi connectivity index (χ4v) is 5.34. The van der Waals surface area contributed by atoms with Crippen LogP contribution in [-0.2, 0) is 11.2 Å². The number of thioether (sulfide) groups is 1. The van der Waals surface area contributed by atoms with Gasteiger partial charge in [0.15, 0.2) is 5.13 Å². The summed E-state index contributed by atoms with van der Waals surface area (Å²) in [5.41, 5.74) is 3.51. The molecule has 2 heterocycles. The number of piperazine rings is 1. The molecule has 0 saturated carbocycles. The number of para-hydroxylation sites is 1. The quantitative estimate of drug-likeness (QED) is 0.537. The number of hydrogen-bond donors (Lipinski definition) is 0. The number of rotatable bonds is 5. The van der Waals surface area contributed by atoms with E-state index in [1.807, 2.05) is 4.90 Å². The second kappa shape index (κ2) is 8.76. The normalized spacial score (nSPS) is 14.8. The van der Waals surface area contributed by atoms with E-state index in [0.717, 1.165) is 42.4 Å². The van der Waals surface area contributed by atoms with Crippen LogP contribution in [0.15, 0.2) is 47.4 Å². The molecular formula is C23H27N3OS2. The van der Waals surface area contributed by atoms with Gasteiger partial charge in [-0.25, -0.2) is 4.98 Å². The minimum Gasteiger partial charge on any atom is -0.345 e. The average Bonchev–Trinajstić information content (AvgIpc) is 3.18. The van der Waals surface area contributed by atoms with Crippen molar-refractivity contribution < 1.29 is 4.79 Å². The minimum atomic E-state index is 0.218. The van der Waals surface area contributed by atoms with Crippen molar-refractivity contribution in [2.24, 2.45) is 0 Å². The van der Waals surface area contributed by atoms with Gasteiger partial charge < -0.3 is 9.80 Å². The van der Waals surface area contributed by atoms with E-state index in [-0.39, 0.29) is 5.91 Å². The molecule has 1 aromatic heterocycles. The van der Waals surface area contributed by atoms with Gasteiger partial charge in [0.1, 0.15) is 0 Å². The molecule has 0 N–H and O–H groups in total. The van der Waals surface area contributed by atoms with Crippen molar-refractivity contribution in [2.75, 3.05) is 37.3 Å². The molecule has 0 bridgehead atoms. The first-order chi connectivity index (χ1) is 14.0. The largest absolute Gasteiger partial charge is 0.345 e. The third-order valence-electron chi connectivity index (χ3n) is 5.50. The molecule has 4 rings (SSSR count). The molecule has 152 valence electrons. The van der Waals surface area contributed by atoms with Crippen LogP contribution in [0.4, 0.5) is 5.13 Å². The molecule has 6 heteroatoms. The number of benzene rings is 2. The van der Waals surface area contributed by atoms with Crippen molar-refractivity contribution in [3.05, 3.63) is 53.6 Å². The van der Waals surface area contributed by atoms with Crippen molar-refractivity contribution in [2.45, 2.75) is 31.1 Å². The summed E-state index contributed by atoms with van der Waals surface area (Å²) in [5.74, 6) is 0.734. The van der Waals surface area contributed by atoms with Crippen LogP contribution < -0.4 is 4.90 Å². The standard InChI is InChI=1S/C23H27N3OS2/c1-16(2)18-9-7-17(8-10-18)15-21(27)25-11-13-26(14-12-25)23-24-22-19(28-3)5-4-6-20(22)29-23/h4-10,16H,11-15H2,1-3H3. The van der Waals surface area contributed by atoms with Crippen LogP contribution in [0.3, 0.4) is 0 Å². The molecule has 0 radical (unpaired) electrons. The van der Waals surface area contributed by atoms with Gasteiger partial charge in [-0.05, 0) is 35.4 Å². The zero-order valence-electron chi connectivity index (χ0n) is 17.2. The molecular weight excluding hydrogens is 398 g/mol. The summed E-state index contributed by atoms with van der Waals surface area (Å²) >= 11 is 3.49. The van der Waals surface area contributed by atoms with Crippen molar-refractivity contribution in [1.29, 1.82) is 0 Å². The van der Waals surface area contributed by atoms with E-state index in [1.54, 1.807) is 23.1 Å². The maximum atomic E-state index is 12.7. The van der Waals surface area contributed by atoms with E-state index in [0.29, 0.717) is 12.3 Å². The number of hydrogen-bond acceptors (Lipinski definition) is 5. The van der Waals surface area contributed by atoms with Gasteiger partial charge in [0, 0.05) is 31.1 Å². The fourth-order valence-electron chi connectivity index (χ4n) is 3.67. The summed E-state index contributed by atoms with van der Waals surface area (Å²) in [6.45, 7) is 7.57. The van der Waals surface area contributed by atoms with E-state index in [1.165, 1.54) is 15.2 Å². The molecule has 0 unspecified atom stereocenters.